The molecule has 3 aromatic rings. The van der Waals surface area contributed by atoms with Crippen LogP contribution >= 0.6 is 12.2 Å². The molecule has 0 saturated heterocycles. The maximum Gasteiger partial charge on any atom is 0.125 e. The molecule has 94 valence electrons. The third kappa shape index (κ3) is 2.53. The smallest absolute Gasteiger partial charge is 0.125 e. The molecule has 2 nitrogen and oxygen atoms in total. The quantitative estimate of drug-likeness (QED) is 0.712. The summed E-state index contributed by atoms with van der Waals surface area (Å²) in [6.07, 6.45) is 0.598. The van der Waals surface area contributed by atoms with Crippen molar-refractivity contribution in [2.24, 2.45) is 0 Å². The fourth-order valence-corrected chi connectivity index (χ4v) is 2.21. The van der Waals surface area contributed by atoms with Crippen molar-refractivity contribution in [1.82, 2.24) is 9.97 Å². The SMILES string of the molecule is Fc1ccc(Cc2nc3ccccc3[nH]c2=S)cc1. The second kappa shape index (κ2) is 4.90. The lowest BCUT2D eigenvalue weighted by molar-refractivity contribution is 0.627. The summed E-state index contributed by atoms with van der Waals surface area (Å²) in [6.45, 7) is 0. The summed E-state index contributed by atoms with van der Waals surface area (Å²) in [5.41, 5.74) is 3.60. The fraction of sp³-hybridized carbons (Fsp3) is 0.0667. The number of halogens is 1. The number of nitrogens with one attached hydrogen (secondary N) is 1. The van der Waals surface area contributed by atoms with Crippen LogP contribution in [0.2, 0.25) is 0 Å². The van der Waals surface area contributed by atoms with Crippen molar-refractivity contribution in [3.05, 3.63) is 70.2 Å². The van der Waals surface area contributed by atoms with E-state index in [0.717, 1.165) is 22.3 Å². The van der Waals surface area contributed by atoms with Crippen LogP contribution in [-0.4, -0.2) is 9.97 Å². The fourth-order valence-electron chi connectivity index (χ4n) is 1.98. The monoisotopic (exact) mass is 270 g/mol. The second-order valence-electron chi connectivity index (χ2n) is 4.33. The standard InChI is InChI=1S/C15H11FN2S/c16-11-7-5-10(6-8-11)9-14-15(19)18-13-4-2-1-3-12(13)17-14/h1-8H,9H2,(H,18,19). The first kappa shape index (κ1) is 12.0. The van der Waals surface area contributed by atoms with Crippen molar-refractivity contribution in [3.63, 3.8) is 0 Å². The van der Waals surface area contributed by atoms with Crippen LogP contribution in [0.1, 0.15) is 11.3 Å². The van der Waals surface area contributed by atoms with E-state index in [4.69, 9.17) is 12.2 Å². The van der Waals surface area contributed by atoms with Crippen LogP contribution in [0.3, 0.4) is 0 Å². The number of hydrogen-bond donors (Lipinski definition) is 1. The van der Waals surface area contributed by atoms with Crippen molar-refractivity contribution >= 4 is 23.3 Å². The van der Waals surface area contributed by atoms with E-state index >= 15 is 0 Å². The van der Waals surface area contributed by atoms with Crippen LogP contribution in [0.5, 0.6) is 0 Å². The third-order valence-corrected chi connectivity index (χ3v) is 3.29. The number of benzene rings is 2. The number of hydrogen-bond acceptors (Lipinski definition) is 2. The highest BCUT2D eigenvalue weighted by Gasteiger charge is 2.03. The molecule has 2 aromatic carbocycles. The minimum atomic E-state index is -0.236. The molecule has 0 amide bonds. The first-order chi connectivity index (χ1) is 9.22. The van der Waals surface area contributed by atoms with Crippen molar-refractivity contribution in [2.45, 2.75) is 6.42 Å². The second-order valence-corrected chi connectivity index (χ2v) is 4.74. The first-order valence-corrected chi connectivity index (χ1v) is 6.35. The molecule has 0 saturated carbocycles. The molecule has 0 aliphatic heterocycles. The van der Waals surface area contributed by atoms with Gasteiger partial charge in [-0.3, -0.25) is 0 Å². The van der Waals surface area contributed by atoms with Crippen LogP contribution in [0, 0.1) is 10.5 Å². The highest BCUT2D eigenvalue weighted by Crippen LogP contribution is 2.14. The van der Waals surface area contributed by atoms with Gasteiger partial charge in [-0.05, 0) is 29.8 Å². The Balaban J connectivity index is 2.03. The van der Waals surface area contributed by atoms with Gasteiger partial charge in [0.1, 0.15) is 10.5 Å². The van der Waals surface area contributed by atoms with Crippen molar-refractivity contribution in [2.75, 3.05) is 0 Å². The molecule has 0 atom stereocenters. The Kier molecular flexibility index (Phi) is 3.09. The Labute approximate surface area is 114 Å². The Morgan fingerprint density at radius 2 is 1.79 bits per heavy atom. The summed E-state index contributed by atoms with van der Waals surface area (Å²) in [6, 6.07) is 14.2. The Hall–Kier alpha value is -2.07. The maximum absolute atomic E-state index is 12.9. The molecule has 1 heterocycles. The topological polar surface area (TPSA) is 28.7 Å². The highest BCUT2D eigenvalue weighted by molar-refractivity contribution is 7.71. The number of fused-ring (bicyclic) bond motifs is 1. The first-order valence-electron chi connectivity index (χ1n) is 5.95. The summed E-state index contributed by atoms with van der Waals surface area (Å²) in [5, 5.41) is 0. The van der Waals surface area contributed by atoms with Crippen LogP contribution < -0.4 is 0 Å². The summed E-state index contributed by atoms with van der Waals surface area (Å²) in [7, 11) is 0. The lowest BCUT2D eigenvalue weighted by Crippen LogP contribution is -1.97. The van der Waals surface area contributed by atoms with Gasteiger partial charge in [0.25, 0.3) is 0 Å². The number of H-pyrrole nitrogens is 1. The zero-order valence-electron chi connectivity index (χ0n) is 10.1. The zero-order chi connectivity index (χ0) is 13.2. The Bertz CT molecular complexity index is 778. The average Bonchev–Trinajstić information content (AvgIpc) is 2.42. The molecule has 0 aliphatic carbocycles. The van der Waals surface area contributed by atoms with Gasteiger partial charge in [-0.15, -0.1) is 0 Å². The van der Waals surface area contributed by atoms with E-state index in [-0.39, 0.29) is 5.82 Å². The van der Waals surface area contributed by atoms with E-state index in [1.165, 1.54) is 12.1 Å². The number of rotatable bonds is 2. The molecule has 0 bridgehead atoms. The molecule has 0 unspecified atom stereocenters. The summed E-state index contributed by atoms with van der Waals surface area (Å²) in [5.74, 6) is -0.236. The van der Waals surface area contributed by atoms with E-state index in [2.05, 4.69) is 9.97 Å². The van der Waals surface area contributed by atoms with Gasteiger partial charge >= 0.3 is 0 Å². The highest BCUT2D eigenvalue weighted by atomic mass is 32.1. The van der Waals surface area contributed by atoms with E-state index < -0.39 is 0 Å². The minimum Gasteiger partial charge on any atom is -0.343 e. The van der Waals surface area contributed by atoms with Crippen molar-refractivity contribution < 1.29 is 4.39 Å². The van der Waals surface area contributed by atoms with Gasteiger partial charge in [0.15, 0.2) is 0 Å². The largest absolute Gasteiger partial charge is 0.343 e. The molecule has 19 heavy (non-hydrogen) atoms. The summed E-state index contributed by atoms with van der Waals surface area (Å²) < 4.78 is 13.5. The number of aromatic nitrogens is 2. The maximum atomic E-state index is 12.9. The van der Waals surface area contributed by atoms with Gasteiger partial charge in [-0.1, -0.05) is 36.5 Å². The molecule has 3 rings (SSSR count). The van der Waals surface area contributed by atoms with Gasteiger partial charge in [-0.2, -0.15) is 0 Å². The van der Waals surface area contributed by atoms with E-state index in [0.29, 0.717) is 11.1 Å². The molecular formula is C15H11FN2S. The number of nitrogens with zero attached hydrogens (tertiary/aromatic N) is 1. The molecule has 1 aromatic heterocycles. The lowest BCUT2D eigenvalue weighted by Gasteiger charge is -2.04. The van der Waals surface area contributed by atoms with E-state index in [9.17, 15) is 4.39 Å². The number of aromatic amines is 1. The lowest BCUT2D eigenvalue weighted by atomic mass is 10.1. The van der Waals surface area contributed by atoms with Gasteiger partial charge in [0.05, 0.1) is 16.7 Å². The van der Waals surface area contributed by atoms with Crippen LogP contribution in [-0.2, 0) is 6.42 Å². The molecule has 4 heteroatoms. The van der Waals surface area contributed by atoms with Gasteiger partial charge < -0.3 is 4.98 Å². The predicted molar refractivity (Wildman–Crippen MR) is 76.1 cm³/mol. The van der Waals surface area contributed by atoms with Crippen LogP contribution in [0.25, 0.3) is 11.0 Å². The molecule has 0 aliphatic rings. The molecule has 1 N–H and O–H groups in total. The van der Waals surface area contributed by atoms with Gasteiger partial charge in [0.2, 0.25) is 0 Å². The molecule has 0 spiro atoms. The van der Waals surface area contributed by atoms with Gasteiger partial charge in [-0.25, -0.2) is 9.37 Å². The van der Waals surface area contributed by atoms with Gasteiger partial charge in [0, 0.05) is 6.42 Å². The minimum absolute atomic E-state index is 0.236. The Morgan fingerprint density at radius 1 is 1.05 bits per heavy atom. The molecule has 0 radical (unpaired) electrons. The third-order valence-electron chi connectivity index (χ3n) is 2.95. The van der Waals surface area contributed by atoms with Crippen LogP contribution in [0.15, 0.2) is 48.5 Å². The van der Waals surface area contributed by atoms with Crippen molar-refractivity contribution in [1.29, 1.82) is 0 Å². The summed E-state index contributed by atoms with van der Waals surface area (Å²) >= 11 is 5.31. The normalized spacial score (nSPS) is 10.8. The number of para-hydroxylation sites is 2. The summed E-state index contributed by atoms with van der Waals surface area (Å²) in [4.78, 5) is 7.73. The average molecular weight is 270 g/mol. The molecule has 0 fully saturated rings. The van der Waals surface area contributed by atoms with E-state index in [1.807, 2.05) is 24.3 Å². The predicted octanol–water partition coefficient (Wildman–Crippen LogP) is 4.02. The molecular weight excluding hydrogens is 259 g/mol. The zero-order valence-corrected chi connectivity index (χ0v) is 10.9. The Morgan fingerprint density at radius 3 is 2.58 bits per heavy atom. The van der Waals surface area contributed by atoms with Crippen LogP contribution in [0.4, 0.5) is 4.39 Å². The van der Waals surface area contributed by atoms with E-state index in [1.54, 1.807) is 12.1 Å². The van der Waals surface area contributed by atoms with Crippen molar-refractivity contribution in [3.8, 4) is 0 Å².